The van der Waals surface area contributed by atoms with Crippen LogP contribution in [-0.4, -0.2) is 23.7 Å². The maximum absolute atomic E-state index is 5.43. The largest absolute Gasteiger partial charge is 0.309 e. The SMILES string of the molecule is CC1(C)c2cc(-n3c4c(ccc5c4c4ccccc4n5-c4ccccc4)c4ccc5c(c6ccccc6n5-c5ccccc5)c43)ccc2-c2nc(-c3ccccc3)nc(-c3ccccc3)c21. The van der Waals surface area contributed by atoms with Crippen LogP contribution in [0.1, 0.15) is 25.0 Å². The van der Waals surface area contributed by atoms with Crippen molar-refractivity contribution in [3.8, 4) is 51.0 Å². The van der Waals surface area contributed by atoms with Gasteiger partial charge in [-0.25, -0.2) is 9.97 Å². The minimum absolute atomic E-state index is 0.420. The van der Waals surface area contributed by atoms with Crippen LogP contribution in [0, 0.1) is 0 Å². The van der Waals surface area contributed by atoms with Gasteiger partial charge in [0, 0.05) is 77.0 Å². The average Bonchev–Trinajstić information content (AvgIpc) is 4.08. The third kappa shape index (κ3) is 5.05. The van der Waals surface area contributed by atoms with Gasteiger partial charge in [-0.2, -0.15) is 0 Å². The number of hydrogen-bond donors (Lipinski definition) is 0. The van der Waals surface area contributed by atoms with E-state index in [4.69, 9.17) is 9.97 Å². The van der Waals surface area contributed by atoms with Gasteiger partial charge < -0.3 is 13.7 Å². The Morgan fingerprint density at radius 2 is 0.833 bits per heavy atom. The van der Waals surface area contributed by atoms with E-state index in [9.17, 15) is 0 Å². The van der Waals surface area contributed by atoms with Crippen molar-refractivity contribution in [3.63, 3.8) is 0 Å². The Morgan fingerprint density at radius 3 is 1.38 bits per heavy atom. The second kappa shape index (κ2) is 13.7. The summed E-state index contributed by atoms with van der Waals surface area (Å²) in [5.41, 5.74) is 17.7. The molecule has 66 heavy (non-hydrogen) atoms. The number of rotatable bonds is 5. The number of nitrogens with zero attached hydrogens (tertiary/aromatic N) is 5. The molecule has 1 aliphatic rings. The fourth-order valence-corrected chi connectivity index (χ4v) is 11.4. The van der Waals surface area contributed by atoms with Crippen molar-refractivity contribution < 1.29 is 0 Å². The number of fused-ring (bicyclic) bond motifs is 14. The Hall–Kier alpha value is -8.54. The van der Waals surface area contributed by atoms with Crippen LogP contribution in [0.3, 0.4) is 0 Å². The molecule has 13 aromatic rings. The first-order chi connectivity index (χ1) is 32.5. The van der Waals surface area contributed by atoms with Crippen LogP contribution >= 0.6 is 0 Å². The lowest BCUT2D eigenvalue weighted by molar-refractivity contribution is 0.657. The van der Waals surface area contributed by atoms with Gasteiger partial charge in [-0.05, 0) is 66.2 Å². The van der Waals surface area contributed by atoms with E-state index < -0.39 is 5.41 Å². The monoisotopic (exact) mass is 843 g/mol. The van der Waals surface area contributed by atoms with E-state index in [1.165, 1.54) is 71.0 Å². The molecule has 4 heterocycles. The first kappa shape index (κ1) is 36.9. The van der Waals surface area contributed by atoms with E-state index in [1.54, 1.807) is 0 Å². The predicted molar refractivity (Wildman–Crippen MR) is 273 cm³/mol. The van der Waals surface area contributed by atoms with Crippen molar-refractivity contribution in [1.29, 1.82) is 0 Å². The maximum Gasteiger partial charge on any atom is 0.160 e. The summed E-state index contributed by atoms with van der Waals surface area (Å²) in [7, 11) is 0. The Balaban J connectivity index is 1.13. The second-order valence-corrected chi connectivity index (χ2v) is 18.1. The molecule has 0 saturated carbocycles. The molecule has 310 valence electrons. The molecule has 0 aliphatic heterocycles. The molecular formula is C61H41N5. The van der Waals surface area contributed by atoms with Crippen LogP contribution in [0.5, 0.6) is 0 Å². The van der Waals surface area contributed by atoms with Crippen molar-refractivity contribution in [1.82, 2.24) is 23.7 Å². The van der Waals surface area contributed by atoms with Crippen LogP contribution in [0.4, 0.5) is 0 Å². The topological polar surface area (TPSA) is 40.6 Å². The summed E-state index contributed by atoms with van der Waals surface area (Å²) in [4.78, 5) is 10.8. The Morgan fingerprint density at radius 1 is 0.364 bits per heavy atom. The van der Waals surface area contributed by atoms with Crippen LogP contribution in [0.25, 0.3) is 116 Å². The average molecular weight is 844 g/mol. The van der Waals surface area contributed by atoms with Gasteiger partial charge in [-0.1, -0.05) is 166 Å². The molecule has 0 N–H and O–H groups in total. The highest BCUT2D eigenvalue weighted by molar-refractivity contribution is 6.31. The number of para-hydroxylation sites is 4. The first-order valence-corrected chi connectivity index (χ1v) is 22.8. The lowest BCUT2D eigenvalue weighted by Gasteiger charge is -2.24. The normalized spacial score (nSPS) is 13.1. The number of hydrogen-bond acceptors (Lipinski definition) is 2. The fraction of sp³-hybridized carbons (Fsp3) is 0.0492. The standard InChI is InChI=1S/C61H41N5/c1-61(2)48-37-42(31-32-45(48)57-55(61)56(38-19-7-3-8-20-38)62-60(63-57)39-21-9-4-10-22-39)66-58-43(33-35-51-53(58)46-27-15-17-29-49(46)64(51)40-23-11-5-12-24-40)44-34-36-52-54(59(44)66)47-28-16-18-30-50(47)65(52)41-25-13-6-14-26-41/h3-37H,1-2H3. The van der Waals surface area contributed by atoms with Crippen molar-refractivity contribution in [2.75, 3.05) is 0 Å². The van der Waals surface area contributed by atoms with Crippen molar-refractivity contribution in [3.05, 3.63) is 223 Å². The van der Waals surface area contributed by atoms with E-state index >= 15 is 0 Å². The zero-order valence-electron chi connectivity index (χ0n) is 36.4. The predicted octanol–water partition coefficient (Wildman–Crippen LogP) is 15.4. The lowest BCUT2D eigenvalue weighted by atomic mass is 9.80. The molecule has 0 fully saturated rings. The highest BCUT2D eigenvalue weighted by atomic mass is 15.0. The molecule has 4 aromatic heterocycles. The Bertz CT molecular complexity index is 3930. The van der Waals surface area contributed by atoms with Gasteiger partial charge in [-0.3, -0.25) is 0 Å². The molecule has 0 saturated heterocycles. The van der Waals surface area contributed by atoms with Gasteiger partial charge in [0.05, 0.1) is 44.5 Å². The summed E-state index contributed by atoms with van der Waals surface area (Å²) in [5, 5.41) is 7.35. The van der Waals surface area contributed by atoms with Gasteiger partial charge in [0.15, 0.2) is 5.82 Å². The van der Waals surface area contributed by atoms with Crippen LogP contribution < -0.4 is 0 Å². The van der Waals surface area contributed by atoms with E-state index in [1.807, 2.05) is 6.07 Å². The quantitative estimate of drug-likeness (QED) is 0.173. The lowest BCUT2D eigenvalue weighted by Crippen LogP contribution is -2.18. The summed E-state index contributed by atoms with van der Waals surface area (Å²) in [6.45, 7) is 4.70. The van der Waals surface area contributed by atoms with E-state index in [-0.39, 0.29) is 0 Å². The van der Waals surface area contributed by atoms with Crippen molar-refractivity contribution >= 4 is 65.4 Å². The molecule has 9 aromatic carbocycles. The summed E-state index contributed by atoms with van der Waals surface area (Å²) in [6, 6.07) is 76.9. The highest BCUT2D eigenvalue weighted by Crippen LogP contribution is 2.53. The van der Waals surface area contributed by atoms with Gasteiger partial charge in [0.2, 0.25) is 0 Å². The third-order valence-corrected chi connectivity index (χ3v) is 14.2. The molecule has 0 amide bonds. The number of benzene rings is 9. The molecular weight excluding hydrogens is 803 g/mol. The summed E-state index contributed by atoms with van der Waals surface area (Å²) in [5.74, 6) is 0.734. The second-order valence-electron chi connectivity index (χ2n) is 18.1. The van der Waals surface area contributed by atoms with Crippen molar-refractivity contribution in [2.45, 2.75) is 19.3 Å². The summed E-state index contributed by atoms with van der Waals surface area (Å²) in [6.07, 6.45) is 0. The molecule has 0 unspecified atom stereocenters. The molecule has 0 bridgehead atoms. The molecule has 0 radical (unpaired) electrons. The zero-order valence-corrected chi connectivity index (χ0v) is 36.4. The van der Waals surface area contributed by atoms with Gasteiger partial charge in [0.25, 0.3) is 0 Å². The first-order valence-electron chi connectivity index (χ1n) is 22.8. The molecule has 5 heteroatoms. The highest BCUT2D eigenvalue weighted by Gasteiger charge is 2.41. The third-order valence-electron chi connectivity index (χ3n) is 14.2. The van der Waals surface area contributed by atoms with Gasteiger partial charge >= 0.3 is 0 Å². The van der Waals surface area contributed by atoms with Crippen LogP contribution in [-0.2, 0) is 5.41 Å². The minimum atomic E-state index is -0.420. The minimum Gasteiger partial charge on any atom is -0.309 e. The van der Waals surface area contributed by atoms with Crippen LogP contribution in [0.2, 0.25) is 0 Å². The van der Waals surface area contributed by atoms with Gasteiger partial charge in [-0.15, -0.1) is 0 Å². The number of aromatic nitrogens is 5. The summed E-state index contributed by atoms with van der Waals surface area (Å²) >= 11 is 0. The molecule has 5 nitrogen and oxygen atoms in total. The van der Waals surface area contributed by atoms with E-state index in [2.05, 4.69) is 234 Å². The van der Waals surface area contributed by atoms with Crippen LogP contribution in [0.15, 0.2) is 212 Å². The van der Waals surface area contributed by atoms with E-state index in [0.717, 1.165) is 56.5 Å². The molecule has 0 spiro atoms. The fourth-order valence-electron chi connectivity index (χ4n) is 11.4. The Kier molecular flexibility index (Phi) is 7.68. The molecule has 0 atom stereocenters. The smallest absolute Gasteiger partial charge is 0.160 e. The maximum atomic E-state index is 5.43. The van der Waals surface area contributed by atoms with Crippen molar-refractivity contribution in [2.24, 2.45) is 0 Å². The summed E-state index contributed by atoms with van der Waals surface area (Å²) < 4.78 is 7.45. The molecule has 1 aliphatic carbocycles. The zero-order chi connectivity index (χ0) is 43.7. The van der Waals surface area contributed by atoms with Gasteiger partial charge in [0.1, 0.15) is 0 Å². The Labute approximate surface area is 381 Å². The molecule has 14 rings (SSSR count). The van der Waals surface area contributed by atoms with E-state index in [0.29, 0.717) is 0 Å².